The maximum atomic E-state index is 8.36. The molecule has 0 aromatic heterocycles. The van der Waals surface area contributed by atoms with Gasteiger partial charge in [-0.1, -0.05) is 0 Å². The molecular weight excluding hydrogens is 190 g/mol. The van der Waals surface area contributed by atoms with E-state index in [9.17, 15) is 0 Å². The molecule has 0 radical (unpaired) electrons. The molecule has 0 saturated carbocycles. The van der Waals surface area contributed by atoms with Gasteiger partial charge in [0.05, 0.1) is 26.4 Å². The first kappa shape index (κ1) is 13.3. The number of hydrogen-bond donors (Lipinski definition) is 2. The summed E-state index contributed by atoms with van der Waals surface area (Å²) in [5.41, 5.74) is 5.47. The summed E-state index contributed by atoms with van der Waals surface area (Å²) in [5.74, 6) is 0. The van der Waals surface area contributed by atoms with E-state index in [1.165, 1.54) is 0 Å². The Kier molecular flexibility index (Phi) is 8.45. The Hall–Kier alpha value is -0.690. The highest BCUT2D eigenvalue weighted by Gasteiger charge is 2.15. The highest BCUT2D eigenvalue weighted by atomic mass is 16.7. The summed E-state index contributed by atoms with van der Waals surface area (Å²) in [7, 11) is 0. The first-order chi connectivity index (χ1) is 6.70. The molecular formula is C8H17NO5. The van der Waals surface area contributed by atoms with E-state index < -0.39 is 0 Å². The van der Waals surface area contributed by atoms with E-state index in [4.69, 9.17) is 29.8 Å². The Morgan fingerprint density at radius 1 is 1.64 bits per heavy atom. The third-order valence-electron chi connectivity index (χ3n) is 1.33. The van der Waals surface area contributed by atoms with Crippen LogP contribution < -0.4 is 5.73 Å². The van der Waals surface area contributed by atoms with Crippen molar-refractivity contribution in [2.75, 3.05) is 26.4 Å². The van der Waals surface area contributed by atoms with Gasteiger partial charge in [0.1, 0.15) is 0 Å². The zero-order valence-corrected chi connectivity index (χ0v) is 8.22. The van der Waals surface area contributed by atoms with Crippen LogP contribution >= 0.6 is 0 Å². The fourth-order valence-electron chi connectivity index (χ4n) is 0.854. The standard InChI is InChI=1S/C7H15NO3.CH2O2/c1-6(8)4-9-5-7-10-2-3-11-7;2-1-3/h6-7H,2-5,8H2,1H3;1H,(H,2,3). The summed E-state index contributed by atoms with van der Waals surface area (Å²) < 4.78 is 15.5. The molecule has 0 spiro atoms. The molecule has 0 aromatic rings. The molecule has 1 atom stereocenters. The third-order valence-corrected chi connectivity index (χ3v) is 1.33. The first-order valence-electron chi connectivity index (χ1n) is 4.35. The Balaban J connectivity index is 0.000000500. The van der Waals surface area contributed by atoms with E-state index in [-0.39, 0.29) is 18.8 Å². The van der Waals surface area contributed by atoms with Gasteiger partial charge in [0.15, 0.2) is 6.29 Å². The molecule has 0 aromatic carbocycles. The topological polar surface area (TPSA) is 91.0 Å². The zero-order valence-electron chi connectivity index (χ0n) is 8.22. The third kappa shape index (κ3) is 7.93. The van der Waals surface area contributed by atoms with E-state index in [1.807, 2.05) is 6.92 Å². The van der Waals surface area contributed by atoms with Gasteiger partial charge in [-0.05, 0) is 6.92 Å². The van der Waals surface area contributed by atoms with Crippen molar-refractivity contribution in [3.63, 3.8) is 0 Å². The minimum atomic E-state index is -0.250. The van der Waals surface area contributed by atoms with Crippen LogP contribution in [0.1, 0.15) is 6.92 Å². The number of hydrogen-bond acceptors (Lipinski definition) is 5. The Labute approximate surface area is 82.9 Å². The van der Waals surface area contributed by atoms with Gasteiger partial charge in [-0.2, -0.15) is 0 Å². The molecule has 84 valence electrons. The average molecular weight is 207 g/mol. The van der Waals surface area contributed by atoms with Crippen molar-refractivity contribution in [1.82, 2.24) is 0 Å². The number of ether oxygens (including phenoxy) is 3. The molecule has 3 N–H and O–H groups in total. The van der Waals surface area contributed by atoms with Crippen molar-refractivity contribution in [1.29, 1.82) is 0 Å². The number of rotatable bonds is 4. The van der Waals surface area contributed by atoms with Crippen LogP contribution in [0.25, 0.3) is 0 Å². The summed E-state index contributed by atoms with van der Waals surface area (Å²) in [6.45, 7) is 4.04. The van der Waals surface area contributed by atoms with Crippen LogP contribution in [0.15, 0.2) is 0 Å². The zero-order chi connectivity index (χ0) is 10.8. The van der Waals surface area contributed by atoms with Crippen LogP contribution in [-0.2, 0) is 19.0 Å². The quantitative estimate of drug-likeness (QED) is 0.599. The summed E-state index contributed by atoms with van der Waals surface area (Å²) in [5, 5.41) is 6.89. The average Bonchev–Trinajstić information content (AvgIpc) is 2.57. The highest BCUT2D eigenvalue weighted by molar-refractivity contribution is 5.32. The van der Waals surface area contributed by atoms with Crippen molar-refractivity contribution in [2.45, 2.75) is 19.3 Å². The van der Waals surface area contributed by atoms with E-state index in [2.05, 4.69) is 0 Å². The van der Waals surface area contributed by atoms with Gasteiger partial charge in [-0.25, -0.2) is 0 Å². The van der Waals surface area contributed by atoms with Gasteiger partial charge >= 0.3 is 0 Å². The lowest BCUT2D eigenvalue weighted by Gasteiger charge is -2.10. The molecule has 1 saturated heterocycles. The van der Waals surface area contributed by atoms with Crippen molar-refractivity contribution < 1.29 is 24.1 Å². The van der Waals surface area contributed by atoms with Crippen LogP contribution in [0, 0.1) is 0 Å². The van der Waals surface area contributed by atoms with Gasteiger partial charge in [0.2, 0.25) is 0 Å². The van der Waals surface area contributed by atoms with E-state index in [0.717, 1.165) is 0 Å². The summed E-state index contributed by atoms with van der Waals surface area (Å²) in [6.07, 6.45) is -0.172. The van der Waals surface area contributed by atoms with Crippen molar-refractivity contribution in [3.8, 4) is 0 Å². The molecule has 1 fully saturated rings. The molecule has 1 unspecified atom stereocenters. The fraction of sp³-hybridized carbons (Fsp3) is 0.875. The number of nitrogens with two attached hydrogens (primary N) is 1. The second-order valence-corrected chi connectivity index (χ2v) is 2.79. The van der Waals surface area contributed by atoms with Crippen LogP contribution in [-0.4, -0.2) is 50.3 Å². The maximum Gasteiger partial charge on any atom is 0.290 e. The lowest BCUT2D eigenvalue weighted by Crippen LogP contribution is -2.25. The Bertz CT molecular complexity index is 136. The van der Waals surface area contributed by atoms with Crippen molar-refractivity contribution in [3.05, 3.63) is 0 Å². The van der Waals surface area contributed by atoms with Gasteiger partial charge in [0, 0.05) is 6.04 Å². The van der Waals surface area contributed by atoms with E-state index >= 15 is 0 Å². The van der Waals surface area contributed by atoms with Gasteiger partial charge in [0.25, 0.3) is 6.47 Å². The molecule has 1 aliphatic rings. The molecule has 0 amide bonds. The Morgan fingerprint density at radius 3 is 2.57 bits per heavy atom. The first-order valence-corrected chi connectivity index (χ1v) is 4.35. The van der Waals surface area contributed by atoms with Gasteiger partial charge in [-0.15, -0.1) is 0 Å². The minimum Gasteiger partial charge on any atom is -0.483 e. The normalized spacial score (nSPS) is 18.4. The summed E-state index contributed by atoms with van der Waals surface area (Å²) in [6, 6.07) is 0.0800. The predicted molar refractivity (Wildman–Crippen MR) is 48.9 cm³/mol. The molecule has 1 heterocycles. The van der Waals surface area contributed by atoms with E-state index in [0.29, 0.717) is 26.4 Å². The molecule has 0 aliphatic carbocycles. The van der Waals surface area contributed by atoms with E-state index in [1.54, 1.807) is 0 Å². The smallest absolute Gasteiger partial charge is 0.290 e. The van der Waals surface area contributed by atoms with Gasteiger partial charge < -0.3 is 25.1 Å². The highest BCUT2D eigenvalue weighted by Crippen LogP contribution is 2.03. The lowest BCUT2D eigenvalue weighted by molar-refractivity contribution is -0.122. The molecule has 6 nitrogen and oxygen atoms in total. The monoisotopic (exact) mass is 207 g/mol. The molecule has 14 heavy (non-hydrogen) atoms. The van der Waals surface area contributed by atoms with Crippen molar-refractivity contribution in [2.24, 2.45) is 5.73 Å². The van der Waals surface area contributed by atoms with Crippen LogP contribution in [0.5, 0.6) is 0 Å². The van der Waals surface area contributed by atoms with Crippen LogP contribution in [0.2, 0.25) is 0 Å². The SMILES string of the molecule is CC(N)COCC1OCCO1.O=CO. The molecule has 1 aliphatic heterocycles. The second-order valence-electron chi connectivity index (χ2n) is 2.79. The Morgan fingerprint density at radius 2 is 2.14 bits per heavy atom. The minimum absolute atomic E-state index is 0.0800. The van der Waals surface area contributed by atoms with Crippen LogP contribution in [0.3, 0.4) is 0 Å². The van der Waals surface area contributed by atoms with Crippen LogP contribution in [0.4, 0.5) is 0 Å². The predicted octanol–water partition coefficient (Wildman–Crippen LogP) is -0.576. The lowest BCUT2D eigenvalue weighted by atomic mass is 10.4. The van der Waals surface area contributed by atoms with Gasteiger partial charge in [-0.3, -0.25) is 4.79 Å². The number of carboxylic acid groups (broad SMARTS) is 1. The molecule has 6 heteroatoms. The second kappa shape index (κ2) is 8.89. The summed E-state index contributed by atoms with van der Waals surface area (Å²) in [4.78, 5) is 8.36. The number of carbonyl (C=O) groups is 1. The fourth-order valence-corrected chi connectivity index (χ4v) is 0.854. The maximum absolute atomic E-state index is 8.36. The largest absolute Gasteiger partial charge is 0.483 e. The molecule has 0 bridgehead atoms. The summed E-state index contributed by atoms with van der Waals surface area (Å²) >= 11 is 0. The molecule has 1 rings (SSSR count). The van der Waals surface area contributed by atoms with Crippen molar-refractivity contribution >= 4 is 6.47 Å².